The average molecular weight is 460 g/mol. The molecule has 1 aliphatic carbocycles. The molecule has 8 nitrogen and oxygen atoms in total. The van der Waals surface area contributed by atoms with Crippen LogP contribution in [0, 0.1) is 0 Å². The summed E-state index contributed by atoms with van der Waals surface area (Å²) in [6.45, 7) is 0.400. The molecule has 8 heteroatoms. The second-order valence-corrected chi connectivity index (χ2v) is 8.03. The Labute approximate surface area is 197 Å². The number of nitrogens with one attached hydrogen (secondary N) is 2. The van der Waals surface area contributed by atoms with E-state index in [0.29, 0.717) is 6.54 Å². The molecule has 0 unspecified atom stereocenters. The van der Waals surface area contributed by atoms with Crippen molar-refractivity contribution in [2.24, 2.45) is 0 Å². The number of aliphatic carboxylic acids is 1. The van der Waals surface area contributed by atoms with E-state index in [9.17, 15) is 19.5 Å². The summed E-state index contributed by atoms with van der Waals surface area (Å²) < 4.78 is 5.41. The van der Waals surface area contributed by atoms with E-state index < -0.39 is 18.1 Å². The van der Waals surface area contributed by atoms with Gasteiger partial charge in [-0.1, -0.05) is 48.5 Å². The quantitative estimate of drug-likeness (QED) is 0.451. The third-order valence-electron chi connectivity index (χ3n) is 5.83. The first-order valence-corrected chi connectivity index (χ1v) is 11.0. The van der Waals surface area contributed by atoms with Crippen molar-refractivity contribution in [3.05, 3.63) is 89.7 Å². The maximum absolute atomic E-state index is 12.4. The Bertz CT molecular complexity index is 1140. The Morgan fingerprint density at radius 3 is 2.18 bits per heavy atom. The molecule has 3 N–H and O–H groups in total. The Morgan fingerprint density at radius 1 is 0.941 bits per heavy atom. The van der Waals surface area contributed by atoms with Crippen LogP contribution >= 0.6 is 0 Å². The number of benzene rings is 2. The number of rotatable bonds is 9. The van der Waals surface area contributed by atoms with Crippen LogP contribution < -0.4 is 10.6 Å². The highest BCUT2D eigenvalue weighted by molar-refractivity contribution is 5.82. The average Bonchev–Trinajstić information content (AvgIpc) is 3.18. The fraction of sp³-hybridized carbons (Fsp3) is 0.231. The van der Waals surface area contributed by atoms with E-state index in [1.54, 1.807) is 24.5 Å². The van der Waals surface area contributed by atoms with Gasteiger partial charge in [-0.15, -0.1) is 0 Å². The minimum Gasteiger partial charge on any atom is -0.480 e. The highest BCUT2D eigenvalue weighted by atomic mass is 16.5. The van der Waals surface area contributed by atoms with Gasteiger partial charge in [-0.05, 0) is 46.4 Å². The van der Waals surface area contributed by atoms with Crippen LogP contribution in [0.2, 0.25) is 0 Å². The lowest BCUT2D eigenvalue weighted by Gasteiger charge is -2.17. The number of nitrogens with zero attached hydrogens (tertiary/aromatic N) is 1. The summed E-state index contributed by atoms with van der Waals surface area (Å²) in [5, 5.41) is 14.6. The molecule has 0 saturated heterocycles. The van der Waals surface area contributed by atoms with Gasteiger partial charge in [0, 0.05) is 31.3 Å². The van der Waals surface area contributed by atoms with Crippen molar-refractivity contribution in [1.29, 1.82) is 0 Å². The van der Waals surface area contributed by atoms with Crippen LogP contribution in [0.15, 0.2) is 73.1 Å². The van der Waals surface area contributed by atoms with Crippen LogP contribution in [0.25, 0.3) is 11.1 Å². The molecule has 3 aromatic rings. The maximum atomic E-state index is 12.4. The molecule has 0 bridgehead atoms. The van der Waals surface area contributed by atoms with E-state index in [2.05, 4.69) is 15.6 Å². The molecule has 1 heterocycles. The first-order valence-electron chi connectivity index (χ1n) is 11.0. The second-order valence-electron chi connectivity index (χ2n) is 8.03. The molecule has 2 amide bonds. The van der Waals surface area contributed by atoms with Crippen LogP contribution in [0.4, 0.5) is 4.79 Å². The van der Waals surface area contributed by atoms with Gasteiger partial charge in [-0.25, -0.2) is 9.59 Å². The molecule has 0 radical (unpaired) electrons. The van der Waals surface area contributed by atoms with E-state index >= 15 is 0 Å². The first-order chi connectivity index (χ1) is 16.5. The van der Waals surface area contributed by atoms with Crippen LogP contribution in [-0.4, -0.2) is 40.7 Å². The monoisotopic (exact) mass is 459 g/mol. The topological polar surface area (TPSA) is 118 Å². The summed E-state index contributed by atoms with van der Waals surface area (Å²) in [6.07, 6.45) is 2.32. The van der Waals surface area contributed by atoms with E-state index in [4.69, 9.17) is 4.74 Å². The minimum absolute atomic E-state index is 0.0499. The van der Waals surface area contributed by atoms with E-state index in [-0.39, 0.29) is 31.3 Å². The third-order valence-corrected chi connectivity index (χ3v) is 5.83. The lowest BCUT2D eigenvalue weighted by molar-refractivity contribution is -0.139. The Balaban J connectivity index is 1.29. The standard InChI is InChI=1S/C26H25N3O5/c30-24(28-15-17-11-13-27-14-12-17)10-9-23(25(31)32)29-26(33)34-16-22-20-7-3-1-5-18(20)19-6-2-4-8-21(19)22/h1-8,11-14,22-23H,9-10,15-16H2,(H,28,30)(H,29,33)(H,31,32)/t23-/m0/s1. The van der Waals surface area contributed by atoms with Gasteiger partial charge in [0.2, 0.25) is 5.91 Å². The van der Waals surface area contributed by atoms with Crippen molar-refractivity contribution < 1.29 is 24.2 Å². The molecule has 0 fully saturated rings. The number of hydrogen-bond donors (Lipinski definition) is 3. The molecule has 0 saturated carbocycles. The highest BCUT2D eigenvalue weighted by Gasteiger charge is 2.29. The number of carboxylic acids is 1. The van der Waals surface area contributed by atoms with Crippen LogP contribution in [0.5, 0.6) is 0 Å². The molecule has 174 valence electrons. The van der Waals surface area contributed by atoms with E-state index in [1.165, 1.54) is 0 Å². The smallest absolute Gasteiger partial charge is 0.407 e. The number of carboxylic acid groups (broad SMARTS) is 1. The van der Waals surface area contributed by atoms with Gasteiger partial charge in [-0.2, -0.15) is 0 Å². The van der Waals surface area contributed by atoms with Gasteiger partial charge in [0.05, 0.1) is 0 Å². The lowest BCUT2D eigenvalue weighted by atomic mass is 9.98. The number of carbonyl (C=O) groups excluding carboxylic acids is 2. The number of ether oxygens (including phenoxy) is 1. The molecule has 34 heavy (non-hydrogen) atoms. The van der Waals surface area contributed by atoms with Crippen molar-refractivity contribution in [2.45, 2.75) is 31.3 Å². The first kappa shape index (κ1) is 23.0. The normalized spacial score (nSPS) is 12.8. The summed E-state index contributed by atoms with van der Waals surface area (Å²) in [5.74, 6) is -1.66. The minimum atomic E-state index is -1.23. The van der Waals surface area contributed by atoms with Gasteiger partial charge in [0.25, 0.3) is 0 Å². The van der Waals surface area contributed by atoms with Crippen molar-refractivity contribution in [1.82, 2.24) is 15.6 Å². The number of carbonyl (C=O) groups is 3. The van der Waals surface area contributed by atoms with Crippen molar-refractivity contribution in [3.8, 4) is 11.1 Å². The highest BCUT2D eigenvalue weighted by Crippen LogP contribution is 2.44. The fourth-order valence-electron chi connectivity index (χ4n) is 4.10. The number of fused-ring (bicyclic) bond motifs is 3. The van der Waals surface area contributed by atoms with Gasteiger partial charge in [0.15, 0.2) is 0 Å². The zero-order chi connectivity index (χ0) is 23.9. The SMILES string of the molecule is O=C(CC[C@H](NC(=O)OCC1c2ccccc2-c2ccccc21)C(=O)O)NCc1ccncc1. The number of aromatic nitrogens is 1. The molecule has 0 aliphatic heterocycles. The molecule has 1 atom stereocenters. The van der Waals surface area contributed by atoms with E-state index in [1.807, 2.05) is 48.5 Å². The van der Waals surface area contributed by atoms with Gasteiger partial charge < -0.3 is 20.5 Å². The lowest BCUT2D eigenvalue weighted by Crippen LogP contribution is -2.42. The van der Waals surface area contributed by atoms with Gasteiger partial charge in [0.1, 0.15) is 12.6 Å². The number of pyridine rings is 1. The van der Waals surface area contributed by atoms with Crippen LogP contribution in [0.1, 0.15) is 35.4 Å². The molecule has 1 aromatic heterocycles. The zero-order valence-electron chi connectivity index (χ0n) is 18.4. The number of alkyl carbamates (subject to hydrolysis) is 1. The summed E-state index contributed by atoms with van der Waals surface area (Å²) in [5.41, 5.74) is 5.23. The number of amides is 2. The Kier molecular flexibility index (Phi) is 7.17. The summed E-state index contributed by atoms with van der Waals surface area (Å²) in [4.78, 5) is 40.0. The van der Waals surface area contributed by atoms with Gasteiger partial charge >= 0.3 is 12.1 Å². The largest absolute Gasteiger partial charge is 0.480 e. The van der Waals surface area contributed by atoms with Crippen LogP contribution in [0.3, 0.4) is 0 Å². The summed E-state index contributed by atoms with van der Waals surface area (Å²) >= 11 is 0. The van der Waals surface area contributed by atoms with Crippen molar-refractivity contribution >= 4 is 18.0 Å². The Morgan fingerprint density at radius 2 is 1.56 bits per heavy atom. The van der Waals surface area contributed by atoms with E-state index in [0.717, 1.165) is 27.8 Å². The summed E-state index contributed by atoms with van der Waals surface area (Å²) in [6, 6.07) is 18.2. The second kappa shape index (κ2) is 10.6. The molecule has 1 aliphatic rings. The van der Waals surface area contributed by atoms with Crippen molar-refractivity contribution in [3.63, 3.8) is 0 Å². The molecular weight excluding hydrogens is 434 g/mol. The van der Waals surface area contributed by atoms with Crippen molar-refractivity contribution in [2.75, 3.05) is 6.61 Å². The van der Waals surface area contributed by atoms with Gasteiger partial charge in [-0.3, -0.25) is 9.78 Å². The predicted octanol–water partition coefficient (Wildman–Crippen LogP) is 3.47. The number of hydrogen-bond acceptors (Lipinski definition) is 5. The predicted molar refractivity (Wildman–Crippen MR) is 125 cm³/mol. The molecule has 0 spiro atoms. The Hall–Kier alpha value is -4.20. The summed E-state index contributed by atoms with van der Waals surface area (Å²) in [7, 11) is 0. The zero-order valence-corrected chi connectivity index (χ0v) is 18.4. The molecule has 2 aromatic carbocycles. The molecular formula is C26H25N3O5. The fourth-order valence-corrected chi connectivity index (χ4v) is 4.10. The third kappa shape index (κ3) is 5.40. The molecule has 4 rings (SSSR count). The van der Waals surface area contributed by atoms with Crippen LogP contribution in [-0.2, 0) is 20.9 Å². The maximum Gasteiger partial charge on any atom is 0.407 e.